The molecule has 0 aliphatic heterocycles. The molecule has 0 aromatic heterocycles. The monoisotopic (exact) mass is 397 g/mol. The van der Waals surface area contributed by atoms with Gasteiger partial charge in [-0.3, -0.25) is 4.99 Å². The number of hydrogen-bond donors (Lipinski definition) is 2. The van der Waals surface area contributed by atoms with Gasteiger partial charge >= 0.3 is 6.61 Å². The van der Waals surface area contributed by atoms with Gasteiger partial charge in [-0.15, -0.1) is 0 Å². The smallest absolute Gasteiger partial charge is 0.387 e. The number of nitrogens with zero attached hydrogens (tertiary/aromatic N) is 1. The highest BCUT2D eigenvalue weighted by Crippen LogP contribution is 2.29. The van der Waals surface area contributed by atoms with Gasteiger partial charge in [0, 0.05) is 25.2 Å². The summed E-state index contributed by atoms with van der Waals surface area (Å²) >= 11 is 5.97. The number of aliphatic imine (C=N–C) groups is 1. The minimum absolute atomic E-state index is 0.00398. The molecule has 2 aromatic rings. The summed E-state index contributed by atoms with van der Waals surface area (Å²) in [5.41, 5.74) is 1.87. The summed E-state index contributed by atoms with van der Waals surface area (Å²) in [6.45, 7) is -1.86. The summed E-state index contributed by atoms with van der Waals surface area (Å²) in [6, 6.07) is 12.5. The van der Waals surface area contributed by atoms with Crippen LogP contribution >= 0.6 is 11.6 Å². The number of hydrogen-bond acceptors (Lipinski definition) is 3. The Balaban J connectivity index is 1.88. The van der Waals surface area contributed by atoms with Crippen molar-refractivity contribution in [2.45, 2.75) is 19.6 Å². The molecule has 2 N–H and O–H groups in total. The average Bonchev–Trinajstić information content (AvgIpc) is 2.64. The SMILES string of the molecule is CN=C(NCCc1cccc(Cl)c1)NCc1ccc(OC)c(OC(F)F)c1. The highest BCUT2D eigenvalue weighted by atomic mass is 35.5. The van der Waals surface area contributed by atoms with Crippen molar-refractivity contribution in [3.63, 3.8) is 0 Å². The second-order valence-electron chi connectivity index (χ2n) is 5.60. The van der Waals surface area contributed by atoms with Crippen molar-refractivity contribution in [2.24, 2.45) is 4.99 Å². The lowest BCUT2D eigenvalue weighted by molar-refractivity contribution is -0.0512. The standard InChI is InChI=1S/C19H22ClF2N3O2/c1-23-19(24-9-8-13-4-3-5-15(20)10-13)25-12-14-6-7-16(26-2)17(11-14)27-18(21)22/h3-7,10-11,18H,8-9,12H2,1-2H3,(H2,23,24,25). The first-order chi connectivity index (χ1) is 13.0. The molecular formula is C19H22ClF2N3O2. The third-order valence-corrected chi connectivity index (χ3v) is 3.96. The maximum atomic E-state index is 12.5. The number of guanidine groups is 1. The molecule has 0 heterocycles. The van der Waals surface area contributed by atoms with E-state index in [9.17, 15) is 8.78 Å². The third-order valence-electron chi connectivity index (χ3n) is 3.72. The van der Waals surface area contributed by atoms with Gasteiger partial charge in [0.25, 0.3) is 0 Å². The van der Waals surface area contributed by atoms with Gasteiger partial charge in [0.15, 0.2) is 17.5 Å². The summed E-state index contributed by atoms with van der Waals surface area (Å²) in [7, 11) is 3.06. The molecule has 0 aliphatic carbocycles. The number of methoxy groups -OCH3 is 1. The molecule has 0 atom stereocenters. The van der Waals surface area contributed by atoms with Crippen LogP contribution in [0.3, 0.4) is 0 Å². The Kier molecular flexibility index (Phi) is 8.13. The fourth-order valence-electron chi connectivity index (χ4n) is 2.44. The van der Waals surface area contributed by atoms with E-state index in [4.69, 9.17) is 16.3 Å². The van der Waals surface area contributed by atoms with Crippen LogP contribution in [0.5, 0.6) is 11.5 Å². The van der Waals surface area contributed by atoms with Gasteiger partial charge in [0.05, 0.1) is 7.11 Å². The van der Waals surface area contributed by atoms with E-state index in [0.717, 1.165) is 17.5 Å². The van der Waals surface area contributed by atoms with Gasteiger partial charge in [-0.25, -0.2) is 0 Å². The van der Waals surface area contributed by atoms with Crippen LogP contribution in [-0.4, -0.2) is 33.3 Å². The van der Waals surface area contributed by atoms with Crippen molar-refractivity contribution in [2.75, 3.05) is 20.7 Å². The zero-order valence-electron chi connectivity index (χ0n) is 15.1. The molecule has 146 valence electrons. The second-order valence-corrected chi connectivity index (χ2v) is 6.03. The molecule has 5 nitrogen and oxygen atoms in total. The molecular weight excluding hydrogens is 376 g/mol. The first kappa shape index (κ1) is 20.8. The van der Waals surface area contributed by atoms with Crippen LogP contribution < -0.4 is 20.1 Å². The van der Waals surface area contributed by atoms with Crippen molar-refractivity contribution >= 4 is 17.6 Å². The van der Waals surface area contributed by atoms with Crippen molar-refractivity contribution in [3.05, 3.63) is 58.6 Å². The molecule has 0 bridgehead atoms. The van der Waals surface area contributed by atoms with Crippen LogP contribution in [0, 0.1) is 0 Å². The third kappa shape index (κ3) is 6.94. The Morgan fingerprint density at radius 3 is 2.59 bits per heavy atom. The number of rotatable bonds is 8. The first-order valence-electron chi connectivity index (χ1n) is 8.32. The number of benzene rings is 2. The normalized spacial score (nSPS) is 11.4. The van der Waals surface area contributed by atoms with Crippen LogP contribution in [0.4, 0.5) is 8.78 Å². The van der Waals surface area contributed by atoms with Gasteiger partial charge in [-0.1, -0.05) is 29.8 Å². The van der Waals surface area contributed by atoms with Gasteiger partial charge in [0.2, 0.25) is 0 Å². The number of alkyl halides is 2. The minimum Gasteiger partial charge on any atom is -0.493 e. The minimum atomic E-state index is -2.91. The molecule has 2 rings (SSSR count). The average molecular weight is 398 g/mol. The zero-order chi connectivity index (χ0) is 19.6. The van der Waals surface area contributed by atoms with E-state index in [0.29, 0.717) is 24.1 Å². The van der Waals surface area contributed by atoms with Crippen molar-refractivity contribution in [1.29, 1.82) is 0 Å². The fraction of sp³-hybridized carbons (Fsp3) is 0.316. The highest BCUT2D eigenvalue weighted by molar-refractivity contribution is 6.30. The molecule has 0 aliphatic rings. The van der Waals surface area contributed by atoms with Gasteiger partial charge in [0.1, 0.15) is 0 Å². The summed E-state index contributed by atoms with van der Waals surface area (Å²) in [5.74, 6) is 0.850. The van der Waals surface area contributed by atoms with Crippen LogP contribution in [0.25, 0.3) is 0 Å². The Labute approximate surface area is 162 Å². The van der Waals surface area contributed by atoms with Gasteiger partial charge < -0.3 is 20.1 Å². The molecule has 0 unspecified atom stereocenters. The Morgan fingerprint density at radius 1 is 1.11 bits per heavy atom. The lowest BCUT2D eigenvalue weighted by Gasteiger charge is -2.14. The number of ether oxygens (including phenoxy) is 2. The Bertz CT molecular complexity index is 772. The van der Waals surface area contributed by atoms with Crippen molar-refractivity contribution in [1.82, 2.24) is 10.6 Å². The second kappa shape index (κ2) is 10.6. The van der Waals surface area contributed by atoms with E-state index in [-0.39, 0.29) is 11.5 Å². The predicted octanol–water partition coefficient (Wildman–Crippen LogP) is 3.86. The molecule has 0 radical (unpaired) electrons. The summed E-state index contributed by atoms with van der Waals surface area (Å²) in [4.78, 5) is 4.15. The predicted molar refractivity (Wildman–Crippen MR) is 103 cm³/mol. The molecule has 2 aromatic carbocycles. The Hall–Kier alpha value is -2.54. The molecule has 0 saturated carbocycles. The largest absolute Gasteiger partial charge is 0.493 e. The molecule has 0 spiro atoms. The summed E-state index contributed by atoms with van der Waals surface area (Å²) in [5, 5.41) is 7.03. The molecule has 8 heteroatoms. The van der Waals surface area contributed by atoms with E-state index in [1.807, 2.05) is 24.3 Å². The van der Waals surface area contributed by atoms with Crippen LogP contribution in [0.2, 0.25) is 5.02 Å². The topological polar surface area (TPSA) is 54.9 Å². The maximum absolute atomic E-state index is 12.5. The number of halogens is 3. The molecule has 0 saturated heterocycles. The highest BCUT2D eigenvalue weighted by Gasteiger charge is 2.11. The van der Waals surface area contributed by atoms with Crippen LogP contribution in [0.15, 0.2) is 47.5 Å². The molecule has 0 fully saturated rings. The lowest BCUT2D eigenvalue weighted by atomic mass is 10.1. The maximum Gasteiger partial charge on any atom is 0.387 e. The zero-order valence-corrected chi connectivity index (χ0v) is 15.9. The van der Waals surface area contributed by atoms with E-state index in [2.05, 4.69) is 20.4 Å². The number of nitrogens with one attached hydrogen (secondary N) is 2. The van der Waals surface area contributed by atoms with E-state index >= 15 is 0 Å². The quantitative estimate of drug-likeness (QED) is 0.524. The fourth-order valence-corrected chi connectivity index (χ4v) is 2.66. The van der Waals surface area contributed by atoms with E-state index in [1.54, 1.807) is 19.2 Å². The molecule has 0 amide bonds. The summed E-state index contributed by atoms with van der Waals surface area (Å²) < 4.78 is 34.5. The van der Waals surface area contributed by atoms with E-state index < -0.39 is 6.61 Å². The van der Waals surface area contributed by atoms with E-state index in [1.165, 1.54) is 13.2 Å². The van der Waals surface area contributed by atoms with Crippen LogP contribution in [-0.2, 0) is 13.0 Å². The van der Waals surface area contributed by atoms with Crippen molar-refractivity contribution < 1.29 is 18.3 Å². The van der Waals surface area contributed by atoms with Gasteiger partial charge in [-0.05, 0) is 41.8 Å². The lowest BCUT2D eigenvalue weighted by Crippen LogP contribution is -2.37. The van der Waals surface area contributed by atoms with Gasteiger partial charge in [-0.2, -0.15) is 8.78 Å². The van der Waals surface area contributed by atoms with Crippen molar-refractivity contribution in [3.8, 4) is 11.5 Å². The first-order valence-corrected chi connectivity index (χ1v) is 8.70. The summed E-state index contributed by atoms with van der Waals surface area (Å²) in [6.07, 6.45) is 0.788. The molecule has 27 heavy (non-hydrogen) atoms. The van der Waals surface area contributed by atoms with Crippen LogP contribution in [0.1, 0.15) is 11.1 Å². The Morgan fingerprint density at radius 2 is 1.93 bits per heavy atom.